The fourth-order valence-electron chi connectivity index (χ4n) is 2.70. The quantitative estimate of drug-likeness (QED) is 0.511. The lowest BCUT2D eigenvalue weighted by atomic mass is 10.1. The largest absolute Gasteiger partial charge is 0.487 e. The minimum absolute atomic E-state index is 0.195. The van der Waals surface area contributed by atoms with E-state index in [2.05, 4.69) is 0 Å². The number of carbonyl (C=O) groups excluding carboxylic acids is 1. The summed E-state index contributed by atoms with van der Waals surface area (Å²) in [5.74, 6) is 1.11. The Morgan fingerprint density at radius 1 is 0.852 bits per heavy atom. The number of ether oxygens (including phenoxy) is 3. The zero-order valence-electron chi connectivity index (χ0n) is 15.2. The van der Waals surface area contributed by atoms with Crippen molar-refractivity contribution in [3.8, 4) is 11.5 Å². The molecule has 3 aromatic rings. The third-order valence-corrected chi connectivity index (χ3v) is 4.19. The number of aldehydes is 1. The van der Waals surface area contributed by atoms with E-state index in [4.69, 9.17) is 14.2 Å². The Labute approximate surface area is 159 Å². The lowest BCUT2D eigenvalue weighted by Crippen LogP contribution is -2.13. The third kappa shape index (κ3) is 5.19. The molecule has 0 bridgehead atoms. The first-order valence-corrected chi connectivity index (χ1v) is 8.76. The monoisotopic (exact) mass is 362 g/mol. The maximum atomic E-state index is 11.1. The molecule has 0 aliphatic rings. The molecule has 0 aliphatic carbocycles. The second kappa shape index (κ2) is 9.55. The molecule has 0 saturated carbocycles. The Kier molecular flexibility index (Phi) is 6.61. The van der Waals surface area contributed by atoms with Crippen molar-refractivity contribution < 1.29 is 19.0 Å². The highest BCUT2D eigenvalue weighted by atomic mass is 16.5. The smallest absolute Gasteiger partial charge is 0.162 e. The second-order valence-electron chi connectivity index (χ2n) is 6.04. The van der Waals surface area contributed by atoms with Crippen LogP contribution in [0.25, 0.3) is 0 Å². The van der Waals surface area contributed by atoms with E-state index in [1.165, 1.54) is 0 Å². The van der Waals surface area contributed by atoms with Crippen molar-refractivity contribution in [2.45, 2.75) is 12.7 Å². The van der Waals surface area contributed by atoms with E-state index in [0.29, 0.717) is 30.3 Å². The number of rotatable bonds is 9. The SMILES string of the molecule is COC(COc1ccc(C=O)cc1OCc1ccccc1)c1ccccc1. The first-order valence-electron chi connectivity index (χ1n) is 8.76. The number of methoxy groups -OCH3 is 1. The number of hydrogen-bond donors (Lipinski definition) is 0. The molecule has 3 rings (SSSR count). The fraction of sp³-hybridized carbons (Fsp3) is 0.174. The Morgan fingerprint density at radius 2 is 1.56 bits per heavy atom. The number of carbonyl (C=O) groups is 1. The molecule has 1 atom stereocenters. The van der Waals surface area contributed by atoms with Gasteiger partial charge in [0, 0.05) is 12.7 Å². The predicted octanol–water partition coefficient (Wildman–Crippen LogP) is 4.84. The van der Waals surface area contributed by atoms with Crippen molar-refractivity contribution in [1.82, 2.24) is 0 Å². The maximum absolute atomic E-state index is 11.1. The molecule has 1 unspecified atom stereocenters. The average molecular weight is 362 g/mol. The van der Waals surface area contributed by atoms with Gasteiger partial charge in [0.15, 0.2) is 11.5 Å². The van der Waals surface area contributed by atoms with Gasteiger partial charge < -0.3 is 14.2 Å². The lowest BCUT2D eigenvalue weighted by molar-refractivity contribution is 0.0562. The van der Waals surface area contributed by atoms with E-state index in [0.717, 1.165) is 17.4 Å². The van der Waals surface area contributed by atoms with Gasteiger partial charge in [-0.05, 0) is 29.3 Å². The molecule has 138 valence electrons. The second-order valence-corrected chi connectivity index (χ2v) is 6.04. The van der Waals surface area contributed by atoms with Gasteiger partial charge in [-0.3, -0.25) is 4.79 Å². The first kappa shape index (κ1) is 18.7. The maximum Gasteiger partial charge on any atom is 0.162 e. The Bertz CT molecular complexity index is 847. The van der Waals surface area contributed by atoms with Crippen molar-refractivity contribution >= 4 is 6.29 Å². The molecule has 4 heteroatoms. The van der Waals surface area contributed by atoms with Crippen LogP contribution in [0.5, 0.6) is 11.5 Å². The van der Waals surface area contributed by atoms with Crippen molar-refractivity contribution in [3.05, 3.63) is 95.6 Å². The van der Waals surface area contributed by atoms with E-state index in [-0.39, 0.29) is 6.10 Å². The average Bonchev–Trinajstić information content (AvgIpc) is 2.74. The van der Waals surface area contributed by atoms with Crippen molar-refractivity contribution in [3.63, 3.8) is 0 Å². The topological polar surface area (TPSA) is 44.8 Å². The molecule has 4 nitrogen and oxygen atoms in total. The summed E-state index contributed by atoms with van der Waals surface area (Å²) in [4.78, 5) is 11.1. The van der Waals surface area contributed by atoms with E-state index in [9.17, 15) is 4.79 Å². The van der Waals surface area contributed by atoms with Crippen LogP contribution in [0.3, 0.4) is 0 Å². The predicted molar refractivity (Wildman–Crippen MR) is 104 cm³/mol. The molecule has 0 amide bonds. The molecular weight excluding hydrogens is 340 g/mol. The molecule has 27 heavy (non-hydrogen) atoms. The highest BCUT2D eigenvalue weighted by molar-refractivity contribution is 5.76. The summed E-state index contributed by atoms with van der Waals surface area (Å²) in [6.45, 7) is 0.731. The van der Waals surface area contributed by atoms with Crippen molar-refractivity contribution in [2.24, 2.45) is 0 Å². The molecule has 0 aliphatic heterocycles. The van der Waals surface area contributed by atoms with E-state index in [1.54, 1.807) is 25.3 Å². The van der Waals surface area contributed by atoms with Crippen LogP contribution in [0.1, 0.15) is 27.6 Å². The van der Waals surface area contributed by atoms with Crippen LogP contribution >= 0.6 is 0 Å². The van der Waals surface area contributed by atoms with Crippen LogP contribution in [0.4, 0.5) is 0 Å². The summed E-state index contributed by atoms with van der Waals surface area (Å²) in [6.07, 6.45) is 0.597. The summed E-state index contributed by atoms with van der Waals surface area (Å²) in [5.41, 5.74) is 2.62. The number of benzene rings is 3. The summed E-state index contributed by atoms with van der Waals surface area (Å²) in [5, 5.41) is 0. The van der Waals surface area contributed by atoms with E-state index in [1.807, 2.05) is 60.7 Å². The number of hydrogen-bond acceptors (Lipinski definition) is 4. The highest BCUT2D eigenvalue weighted by Gasteiger charge is 2.14. The Balaban J connectivity index is 1.72. The van der Waals surface area contributed by atoms with Gasteiger partial charge in [0.1, 0.15) is 25.6 Å². The molecule has 0 spiro atoms. The van der Waals surface area contributed by atoms with Crippen LogP contribution in [0.2, 0.25) is 0 Å². The Morgan fingerprint density at radius 3 is 2.22 bits per heavy atom. The lowest BCUT2D eigenvalue weighted by Gasteiger charge is -2.18. The van der Waals surface area contributed by atoms with Crippen LogP contribution < -0.4 is 9.47 Å². The van der Waals surface area contributed by atoms with Gasteiger partial charge in [0.2, 0.25) is 0 Å². The molecule has 0 fully saturated rings. The summed E-state index contributed by atoms with van der Waals surface area (Å²) in [6, 6.07) is 24.9. The molecule has 0 N–H and O–H groups in total. The van der Waals surface area contributed by atoms with Crippen LogP contribution in [0, 0.1) is 0 Å². The normalized spacial score (nSPS) is 11.6. The van der Waals surface area contributed by atoms with Crippen LogP contribution in [-0.4, -0.2) is 20.0 Å². The summed E-state index contributed by atoms with van der Waals surface area (Å²) >= 11 is 0. The zero-order valence-corrected chi connectivity index (χ0v) is 15.2. The van der Waals surface area contributed by atoms with Crippen LogP contribution in [-0.2, 0) is 11.3 Å². The van der Waals surface area contributed by atoms with Gasteiger partial charge >= 0.3 is 0 Å². The Hall–Kier alpha value is -3.11. The van der Waals surface area contributed by atoms with Gasteiger partial charge in [-0.15, -0.1) is 0 Å². The first-order chi connectivity index (χ1) is 13.3. The van der Waals surface area contributed by atoms with Gasteiger partial charge in [0.05, 0.1) is 0 Å². The molecule has 0 heterocycles. The molecule has 0 saturated heterocycles. The minimum atomic E-state index is -0.195. The van der Waals surface area contributed by atoms with E-state index >= 15 is 0 Å². The van der Waals surface area contributed by atoms with Crippen molar-refractivity contribution in [2.75, 3.05) is 13.7 Å². The van der Waals surface area contributed by atoms with Gasteiger partial charge in [0.25, 0.3) is 0 Å². The van der Waals surface area contributed by atoms with Gasteiger partial charge in [-0.2, -0.15) is 0 Å². The summed E-state index contributed by atoms with van der Waals surface area (Å²) < 4.78 is 17.4. The molecule has 0 radical (unpaired) electrons. The zero-order chi connectivity index (χ0) is 18.9. The standard InChI is InChI=1S/C23H22O4/c1-25-23(20-10-6-3-7-11-20)17-27-21-13-12-19(15-24)14-22(21)26-16-18-8-4-2-5-9-18/h2-15,23H,16-17H2,1H3. The summed E-state index contributed by atoms with van der Waals surface area (Å²) in [7, 11) is 1.66. The van der Waals surface area contributed by atoms with Crippen LogP contribution in [0.15, 0.2) is 78.9 Å². The van der Waals surface area contributed by atoms with Gasteiger partial charge in [-0.1, -0.05) is 60.7 Å². The molecule has 0 aromatic heterocycles. The molecular formula is C23H22O4. The van der Waals surface area contributed by atoms with E-state index < -0.39 is 0 Å². The molecule has 3 aromatic carbocycles. The van der Waals surface area contributed by atoms with Gasteiger partial charge in [-0.25, -0.2) is 0 Å². The highest BCUT2D eigenvalue weighted by Crippen LogP contribution is 2.30. The minimum Gasteiger partial charge on any atom is -0.487 e. The fourth-order valence-corrected chi connectivity index (χ4v) is 2.70. The van der Waals surface area contributed by atoms with Crippen molar-refractivity contribution in [1.29, 1.82) is 0 Å². The third-order valence-electron chi connectivity index (χ3n) is 4.19.